The number of amides is 2. The van der Waals surface area contributed by atoms with Crippen molar-refractivity contribution in [1.29, 1.82) is 0 Å². The number of pyridine rings is 1. The number of rotatable bonds is 7. The highest BCUT2D eigenvalue weighted by Gasteiger charge is 2.44. The summed E-state index contributed by atoms with van der Waals surface area (Å²) in [7, 11) is 0. The number of nitrogens with one attached hydrogen (secondary N) is 2. The molecule has 2 heterocycles. The zero-order valence-corrected chi connectivity index (χ0v) is 21.6. The highest BCUT2D eigenvalue weighted by molar-refractivity contribution is 6.01. The second-order valence-corrected chi connectivity index (χ2v) is 9.79. The van der Waals surface area contributed by atoms with Crippen LogP contribution in [0.1, 0.15) is 59.9 Å². The average Bonchev–Trinajstić information content (AvgIpc) is 3.37. The lowest BCUT2D eigenvalue weighted by atomic mass is 9.78. The van der Waals surface area contributed by atoms with Crippen molar-refractivity contribution in [2.24, 2.45) is 11.8 Å². The van der Waals surface area contributed by atoms with E-state index >= 15 is 0 Å². The van der Waals surface area contributed by atoms with E-state index in [1.165, 1.54) is 6.26 Å². The summed E-state index contributed by atoms with van der Waals surface area (Å²) in [6.45, 7) is 5.74. The fraction of sp³-hybridized carbons (Fsp3) is 0.429. The third-order valence-electron chi connectivity index (χ3n) is 7.29. The molecule has 202 valence electrons. The summed E-state index contributed by atoms with van der Waals surface area (Å²) in [4.78, 5) is 30.8. The summed E-state index contributed by atoms with van der Waals surface area (Å²) in [5, 5.41) is 9.39. The number of carbonyl (C=O) groups is 2. The maximum absolute atomic E-state index is 13.4. The van der Waals surface area contributed by atoms with E-state index in [0.29, 0.717) is 17.8 Å². The smallest absolute Gasteiger partial charge is 0.364 e. The third-order valence-corrected chi connectivity index (χ3v) is 7.29. The van der Waals surface area contributed by atoms with Crippen LogP contribution in [-0.4, -0.2) is 34.2 Å². The quantitative estimate of drug-likeness (QED) is 0.391. The summed E-state index contributed by atoms with van der Waals surface area (Å²) in [5.74, 6) is -2.86. The molecule has 1 aromatic carbocycles. The number of aromatic nitrogens is 2. The fourth-order valence-electron chi connectivity index (χ4n) is 5.17. The highest BCUT2D eigenvalue weighted by atomic mass is 19.4. The van der Waals surface area contributed by atoms with Gasteiger partial charge in [0.05, 0.1) is 11.6 Å². The van der Waals surface area contributed by atoms with Gasteiger partial charge in [0.15, 0.2) is 0 Å². The molecule has 0 saturated heterocycles. The average molecular weight is 529 g/mol. The van der Waals surface area contributed by atoms with Gasteiger partial charge in [-0.25, -0.2) is 0 Å². The first-order chi connectivity index (χ1) is 18.1. The largest absolute Gasteiger partial charge is 0.391 e. The van der Waals surface area contributed by atoms with Crippen molar-refractivity contribution in [3.05, 3.63) is 65.3 Å². The van der Waals surface area contributed by atoms with Gasteiger partial charge in [-0.1, -0.05) is 24.2 Å². The monoisotopic (exact) mass is 528 g/mol. The van der Waals surface area contributed by atoms with Crippen molar-refractivity contribution in [1.82, 2.24) is 15.5 Å². The lowest BCUT2D eigenvalue weighted by Crippen LogP contribution is -2.50. The summed E-state index contributed by atoms with van der Waals surface area (Å²) in [6.07, 6.45) is -0.671. The summed E-state index contributed by atoms with van der Waals surface area (Å²) in [5.41, 5.74) is 5.09. The lowest BCUT2D eigenvalue weighted by molar-refractivity contribution is -0.184. The molecule has 1 saturated carbocycles. The van der Waals surface area contributed by atoms with Crippen molar-refractivity contribution in [2.75, 3.05) is 5.32 Å². The zero-order valence-electron chi connectivity index (χ0n) is 21.6. The number of alkyl halides is 3. The van der Waals surface area contributed by atoms with E-state index in [2.05, 4.69) is 20.8 Å². The van der Waals surface area contributed by atoms with Crippen molar-refractivity contribution in [3.63, 3.8) is 0 Å². The van der Waals surface area contributed by atoms with E-state index in [-0.39, 0.29) is 31.2 Å². The molecule has 38 heavy (non-hydrogen) atoms. The van der Waals surface area contributed by atoms with Crippen LogP contribution in [0.3, 0.4) is 0 Å². The molecule has 0 aliphatic heterocycles. The molecule has 0 spiro atoms. The topological polar surface area (TPSA) is 97.1 Å². The first-order valence-electron chi connectivity index (χ1n) is 12.7. The van der Waals surface area contributed by atoms with Crippen LogP contribution in [0.4, 0.5) is 18.9 Å². The van der Waals surface area contributed by atoms with Gasteiger partial charge in [-0.15, -0.1) is 0 Å². The lowest BCUT2D eigenvalue weighted by Gasteiger charge is -2.34. The second-order valence-electron chi connectivity index (χ2n) is 9.79. The van der Waals surface area contributed by atoms with E-state index in [9.17, 15) is 22.8 Å². The fourth-order valence-corrected chi connectivity index (χ4v) is 5.17. The number of aryl methyl sites for hydroxylation is 3. The molecule has 2 amide bonds. The normalized spacial score (nSPS) is 18.6. The minimum absolute atomic E-state index is 0.0835. The Labute approximate surface area is 219 Å². The van der Waals surface area contributed by atoms with Gasteiger partial charge in [-0.2, -0.15) is 13.2 Å². The Morgan fingerprint density at radius 2 is 1.76 bits per heavy atom. The Bertz CT molecular complexity index is 1260. The van der Waals surface area contributed by atoms with E-state index < -0.39 is 35.9 Å². The predicted molar refractivity (Wildman–Crippen MR) is 136 cm³/mol. The molecule has 2 N–H and O–H groups in total. The maximum atomic E-state index is 13.4. The van der Waals surface area contributed by atoms with Crippen LogP contribution in [0, 0.1) is 25.7 Å². The first-order valence-corrected chi connectivity index (χ1v) is 12.7. The Morgan fingerprint density at radius 1 is 1.08 bits per heavy atom. The van der Waals surface area contributed by atoms with Crippen LogP contribution >= 0.6 is 0 Å². The van der Waals surface area contributed by atoms with E-state index in [0.717, 1.165) is 22.4 Å². The number of anilines is 1. The van der Waals surface area contributed by atoms with Gasteiger partial charge >= 0.3 is 6.18 Å². The van der Waals surface area contributed by atoms with Crippen LogP contribution in [0.5, 0.6) is 0 Å². The summed E-state index contributed by atoms with van der Waals surface area (Å²) < 4.78 is 44.6. The van der Waals surface area contributed by atoms with E-state index in [1.54, 1.807) is 18.3 Å². The van der Waals surface area contributed by atoms with Crippen LogP contribution < -0.4 is 10.6 Å². The van der Waals surface area contributed by atoms with Gasteiger partial charge in [0.25, 0.3) is 5.91 Å². The molecule has 0 bridgehead atoms. The molecule has 10 heteroatoms. The van der Waals surface area contributed by atoms with Gasteiger partial charge in [0, 0.05) is 23.1 Å². The van der Waals surface area contributed by atoms with Crippen LogP contribution in [0.2, 0.25) is 0 Å². The molecule has 0 unspecified atom stereocenters. The van der Waals surface area contributed by atoms with Crippen LogP contribution in [0.25, 0.3) is 11.1 Å². The molecule has 1 fully saturated rings. The number of hydrogen-bond acceptors (Lipinski definition) is 5. The Balaban J connectivity index is 1.53. The molecule has 1 atom stereocenters. The molecular weight excluding hydrogens is 497 g/mol. The molecule has 3 aromatic rings. The molecule has 4 rings (SSSR count). The summed E-state index contributed by atoms with van der Waals surface area (Å²) in [6, 6.07) is 8.18. The SMILES string of the molecule is CCc1nocc1C(=O)N[C@H](C(=O)Nc1ccc(-c2c(C)ccnc2C)cc1)C1CCC(C(F)(F)F)CC1. The number of hydrogen-bond donors (Lipinski definition) is 2. The van der Waals surface area contributed by atoms with Crippen molar-refractivity contribution >= 4 is 17.5 Å². The highest BCUT2D eigenvalue weighted by Crippen LogP contribution is 2.40. The standard InChI is InChI=1S/C28H31F3N4O3/c1-4-23-22(15-38-35-23)26(36)34-25(19-5-9-20(10-6-19)28(29,30)31)27(37)33-21-11-7-18(8-12-21)24-16(2)13-14-32-17(24)3/h7-8,11-15,19-20,25H,4-6,9-10H2,1-3H3,(H,33,37)(H,34,36)/t19?,20?,25-/m0/s1. The third kappa shape index (κ3) is 6.06. The van der Waals surface area contributed by atoms with E-state index in [1.807, 2.05) is 39.0 Å². The summed E-state index contributed by atoms with van der Waals surface area (Å²) >= 11 is 0. The van der Waals surface area contributed by atoms with Gasteiger partial charge in [-0.3, -0.25) is 14.6 Å². The molecule has 2 aromatic heterocycles. The molecule has 1 aliphatic carbocycles. The van der Waals surface area contributed by atoms with Crippen LogP contribution in [0.15, 0.2) is 47.3 Å². The van der Waals surface area contributed by atoms with Crippen molar-refractivity contribution < 1.29 is 27.3 Å². The van der Waals surface area contributed by atoms with Crippen molar-refractivity contribution in [2.45, 2.75) is 65.1 Å². The zero-order chi connectivity index (χ0) is 27.4. The minimum atomic E-state index is -4.27. The first kappa shape index (κ1) is 27.3. The van der Waals surface area contributed by atoms with Crippen molar-refractivity contribution in [3.8, 4) is 11.1 Å². The maximum Gasteiger partial charge on any atom is 0.391 e. The van der Waals surface area contributed by atoms with Gasteiger partial charge in [0.2, 0.25) is 5.91 Å². The van der Waals surface area contributed by atoms with Gasteiger partial charge in [-0.05, 0) is 81.2 Å². The Hall–Kier alpha value is -3.69. The molecule has 1 aliphatic rings. The second kappa shape index (κ2) is 11.4. The molecule has 0 radical (unpaired) electrons. The Morgan fingerprint density at radius 3 is 2.37 bits per heavy atom. The predicted octanol–water partition coefficient (Wildman–Crippen LogP) is 6.02. The number of nitrogens with zero attached hydrogens (tertiary/aromatic N) is 2. The minimum Gasteiger partial charge on any atom is -0.364 e. The number of benzene rings is 1. The van der Waals surface area contributed by atoms with Crippen LogP contribution in [-0.2, 0) is 11.2 Å². The van der Waals surface area contributed by atoms with E-state index in [4.69, 9.17) is 4.52 Å². The molecular formula is C28H31F3N4O3. The van der Waals surface area contributed by atoms with Gasteiger partial charge < -0.3 is 15.2 Å². The van der Waals surface area contributed by atoms with Gasteiger partial charge in [0.1, 0.15) is 17.9 Å². The number of halogens is 3. The number of carbonyl (C=O) groups excluding carboxylic acids is 2. The molecule has 7 nitrogen and oxygen atoms in total. The Kier molecular flexibility index (Phi) is 8.18.